The van der Waals surface area contributed by atoms with Gasteiger partial charge in [-0.2, -0.15) is 0 Å². The molecule has 0 radical (unpaired) electrons. The minimum absolute atomic E-state index is 0.0378. The Hall–Kier alpha value is -2.87. The first-order chi connectivity index (χ1) is 15.1. The number of ether oxygens (including phenoxy) is 1. The first kappa shape index (κ1) is 21.4. The van der Waals surface area contributed by atoms with Gasteiger partial charge in [-0.1, -0.05) is 59.8 Å². The maximum Gasteiger partial charge on any atom is 0.283 e. The molecule has 31 heavy (non-hydrogen) atoms. The van der Waals surface area contributed by atoms with Crippen LogP contribution in [-0.2, 0) is 4.79 Å². The number of benzene rings is 2. The predicted molar refractivity (Wildman–Crippen MR) is 128 cm³/mol. The zero-order valence-electron chi connectivity index (χ0n) is 16.4. The van der Waals surface area contributed by atoms with Gasteiger partial charge in [0.15, 0.2) is 11.0 Å². The molecule has 1 aliphatic heterocycles. The van der Waals surface area contributed by atoms with Crippen LogP contribution in [0.5, 0.6) is 5.75 Å². The number of halogens is 1. The summed E-state index contributed by atoms with van der Waals surface area (Å²) in [5.41, 5.74) is 1.49. The van der Waals surface area contributed by atoms with E-state index in [1.165, 1.54) is 35.1 Å². The van der Waals surface area contributed by atoms with Gasteiger partial charge in [0.2, 0.25) is 0 Å². The topological polar surface area (TPSA) is 59.0 Å². The highest BCUT2D eigenvalue weighted by Gasteiger charge is 2.33. The number of methoxy groups -OCH3 is 1. The maximum atomic E-state index is 13.2. The molecule has 0 saturated carbocycles. The van der Waals surface area contributed by atoms with Crippen LogP contribution in [0.3, 0.4) is 0 Å². The molecular formula is C23H17ClN2O3S2. The fourth-order valence-electron chi connectivity index (χ4n) is 2.96. The number of thioether (sulfide) groups is 1. The molecule has 0 spiro atoms. The molecule has 2 heterocycles. The molecule has 0 aliphatic carbocycles. The number of hydrogen-bond donors (Lipinski definition) is 0. The highest BCUT2D eigenvalue weighted by atomic mass is 35.5. The number of rotatable bonds is 6. The van der Waals surface area contributed by atoms with E-state index in [4.69, 9.17) is 16.3 Å². The summed E-state index contributed by atoms with van der Waals surface area (Å²) in [5.74, 6) is 0.355. The van der Waals surface area contributed by atoms with Gasteiger partial charge in [0.1, 0.15) is 11.4 Å². The number of hydrogen-bond acceptors (Lipinski definition) is 6. The first-order valence-corrected chi connectivity index (χ1v) is 11.5. The van der Waals surface area contributed by atoms with Crippen molar-refractivity contribution in [3.05, 3.63) is 87.2 Å². The number of amides is 1. The fraction of sp³-hybridized carbons (Fsp3) is 0.0870. The monoisotopic (exact) mass is 468 g/mol. The van der Waals surface area contributed by atoms with E-state index in [0.29, 0.717) is 32.9 Å². The molecule has 0 fully saturated rings. The smallest absolute Gasteiger partial charge is 0.283 e. The standard InChI is InChI=1S/C23H17ClN2O3S2/c1-29-21-10-9-16(12-18(21)24)26-22(28)19(13-17-8-5-11-30-17)25-23(26)31-14-20(27)15-6-3-2-4-7-15/h2-13H,14H2,1H3/b19-13+. The maximum absolute atomic E-state index is 13.2. The SMILES string of the molecule is COc1ccc(N2C(=O)/C(=C\c3cccs3)N=C2SCC(=O)c2ccccc2)cc1Cl. The van der Waals surface area contributed by atoms with Crippen molar-refractivity contribution in [2.75, 3.05) is 17.8 Å². The second-order valence-corrected chi connectivity index (χ2v) is 8.81. The number of anilines is 1. The Kier molecular flexibility index (Phi) is 6.56. The number of carbonyl (C=O) groups excluding carboxylic acids is 2. The molecule has 0 atom stereocenters. The van der Waals surface area contributed by atoms with E-state index < -0.39 is 0 Å². The molecule has 0 N–H and O–H groups in total. The van der Waals surface area contributed by atoms with E-state index in [1.54, 1.807) is 36.4 Å². The average molecular weight is 469 g/mol. The van der Waals surface area contributed by atoms with Gasteiger partial charge in [0, 0.05) is 10.4 Å². The van der Waals surface area contributed by atoms with Gasteiger partial charge < -0.3 is 4.74 Å². The van der Waals surface area contributed by atoms with Crippen LogP contribution >= 0.6 is 34.7 Å². The van der Waals surface area contributed by atoms with E-state index >= 15 is 0 Å². The summed E-state index contributed by atoms with van der Waals surface area (Å²) in [6, 6.07) is 18.0. The second kappa shape index (κ2) is 9.51. The van der Waals surface area contributed by atoms with E-state index in [2.05, 4.69) is 4.99 Å². The predicted octanol–water partition coefficient (Wildman–Crippen LogP) is 5.77. The molecule has 1 aromatic heterocycles. The van der Waals surface area contributed by atoms with Crippen LogP contribution in [0.4, 0.5) is 5.69 Å². The summed E-state index contributed by atoms with van der Waals surface area (Å²) < 4.78 is 5.21. The molecule has 0 unspecified atom stereocenters. The van der Waals surface area contributed by atoms with Crippen LogP contribution in [0, 0.1) is 0 Å². The number of aliphatic imine (C=N–C) groups is 1. The van der Waals surface area contributed by atoms with Crippen molar-refractivity contribution < 1.29 is 14.3 Å². The molecule has 3 aromatic rings. The number of nitrogens with zero attached hydrogens (tertiary/aromatic N) is 2. The fourth-order valence-corrected chi connectivity index (χ4v) is 4.77. The third-order valence-electron chi connectivity index (χ3n) is 4.47. The van der Waals surface area contributed by atoms with Gasteiger partial charge in [0.05, 0.1) is 23.6 Å². The van der Waals surface area contributed by atoms with Crippen LogP contribution in [0.15, 0.2) is 76.7 Å². The van der Waals surface area contributed by atoms with Gasteiger partial charge in [-0.25, -0.2) is 4.99 Å². The number of amidine groups is 1. The molecule has 1 aliphatic rings. The molecule has 1 amide bonds. The van der Waals surface area contributed by atoms with Crippen molar-refractivity contribution in [2.45, 2.75) is 0 Å². The van der Waals surface area contributed by atoms with Crippen LogP contribution in [-0.4, -0.2) is 29.7 Å². The number of ketones is 1. The van der Waals surface area contributed by atoms with E-state index in [0.717, 1.165) is 4.88 Å². The van der Waals surface area contributed by atoms with Crippen molar-refractivity contribution in [2.24, 2.45) is 4.99 Å². The Morgan fingerprint density at radius 3 is 2.68 bits per heavy atom. The summed E-state index contributed by atoms with van der Waals surface area (Å²) in [7, 11) is 1.53. The lowest BCUT2D eigenvalue weighted by molar-refractivity contribution is -0.113. The summed E-state index contributed by atoms with van der Waals surface area (Å²) in [6.45, 7) is 0. The summed E-state index contributed by atoms with van der Waals surface area (Å²) >= 11 is 9.02. The molecule has 0 saturated heterocycles. The van der Waals surface area contributed by atoms with Crippen LogP contribution < -0.4 is 9.64 Å². The number of carbonyl (C=O) groups is 2. The Morgan fingerprint density at radius 1 is 1.19 bits per heavy atom. The van der Waals surface area contributed by atoms with Gasteiger partial charge in [-0.3, -0.25) is 14.5 Å². The van der Waals surface area contributed by atoms with E-state index in [1.807, 2.05) is 35.7 Å². The molecule has 8 heteroatoms. The molecule has 2 aromatic carbocycles. The summed E-state index contributed by atoms with van der Waals surface area (Å²) in [5, 5.41) is 2.75. The lowest BCUT2D eigenvalue weighted by Gasteiger charge is -2.18. The Bertz CT molecular complexity index is 1170. The Balaban J connectivity index is 1.64. The molecule has 156 valence electrons. The van der Waals surface area contributed by atoms with Crippen LogP contribution in [0.1, 0.15) is 15.2 Å². The van der Waals surface area contributed by atoms with Gasteiger partial charge in [-0.05, 0) is 35.7 Å². The largest absolute Gasteiger partial charge is 0.495 e. The minimum atomic E-state index is -0.274. The third-order valence-corrected chi connectivity index (χ3v) is 6.53. The van der Waals surface area contributed by atoms with Gasteiger partial charge in [-0.15, -0.1) is 11.3 Å². The van der Waals surface area contributed by atoms with Gasteiger partial charge in [0.25, 0.3) is 5.91 Å². The van der Waals surface area contributed by atoms with Crippen molar-refractivity contribution in [3.8, 4) is 5.75 Å². The van der Waals surface area contributed by atoms with E-state index in [9.17, 15) is 9.59 Å². The molecule has 5 nitrogen and oxygen atoms in total. The van der Waals surface area contributed by atoms with Crippen LogP contribution in [0.25, 0.3) is 6.08 Å². The Labute approximate surface area is 193 Å². The second-order valence-electron chi connectivity index (χ2n) is 6.48. The van der Waals surface area contributed by atoms with Crippen LogP contribution in [0.2, 0.25) is 5.02 Å². The third kappa shape index (κ3) is 4.74. The van der Waals surface area contributed by atoms with E-state index in [-0.39, 0.29) is 17.4 Å². The number of thiophene rings is 1. The lowest BCUT2D eigenvalue weighted by atomic mass is 10.2. The zero-order chi connectivity index (χ0) is 21.8. The zero-order valence-corrected chi connectivity index (χ0v) is 18.8. The highest BCUT2D eigenvalue weighted by molar-refractivity contribution is 8.14. The lowest BCUT2D eigenvalue weighted by Crippen LogP contribution is -2.30. The van der Waals surface area contributed by atoms with Gasteiger partial charge >= 0.3 is 0 Å². The number of Topliss-reactive ketones (excluding diaryl/α,β-unsaturated/α-hetero) is 1. The highest BCUT2D eigenvalue weighted by Crippen LogP contribution is 2.34. The molecule has 4 rings (SSSR count). The van der Waals surface area contributed by atoms with Crippen molar-refractivity contribution in [3.63, 3.8) is 0 Å². The summed E-state index contributed by atoms with van der Waals surface area (Å²) in [4.78, 5) is 32.7. The Morgan fingerprint density at radius 2 is 2.00 bits per heavy atom. The van der Waals surface area contributed by atoms with Crippen molar-refractivity contribution >= 4 is 63.3 Å². The first-order valence-electron chi connectivity index (χ1n) is 9.30. The molecular weight excluding hydrogens is 452 g/mol. The summed E-state index contributed by atoms with van der Waals surface area (Å²) in [6.07, 6.45) is 1.75. The minimum Gasteiger partial charge on any atom is -0.495 e. The average Bonchev–Trinajstić information content (AvgIpc) is 3.41. The van der Waals surface area contributed by atoms with Crippen molar-refractivity contribution in [1.82, 2.24) is 0 Å². The molecule has 0 bridgehead atoms. The quantitative estimate of drug-likeness (QED) is 0.340. The normalized spacial score (nSPS) is 14.8. The van der Waals surface area contributed by atoms with Crippen molar-refractivity contribution in [1.29, 1.82) is 0 Å².